The van der Waals surface area contributed by atoms with Crippen LogP contribution in [-0.4, -0.2) is 6.61 Å². The maximum absolute atomic E-state index is 5.71. The fraction of sp³-hybridized carbons (Fsp3) is 0.250. The van der Waals surface area contributed by atoms with Crippen molar-refractivity contribution in [2.24, 2.45) is 0 Å². The van der Waals surface area contributed by atoms with Gasteiger partial charge in [-0.15, -0.1) is 0 Å². The van der Waals surface area contributed by atoms with Gasteiger partial charge in [0.1, 0.15) is 0 Å². The Balaban J connectivity index is 2.28. The van der Waals surface area contributed by atoms with Crippen molar-refractivity contribution in [2.45, 2.75) is 3.93 Å². The van der Waals surface area contributed by atoms with Crippen LogP contribution in [0.4, 0.5) is 0 Å². The van der Waals surface area contributed by atoms with Gasteiger partial charge in [0.05, 0.1) is 0 Å². The summed E-state index contributed by atoms with van der Waals surface area (Å²) in [5, 5.41) is 0. The predicted molar refractivity (Wildman–Crippen MR) is 42.6 cm³/mol. The Morgan fingerprint density at radius 3 is 2.64 bits per heavy atom. The number of para-hydroxylation sites is 1. The molecule has 0 heterocycles. The molecule has 0 N–H and O–H groups in total. The molecular formula is C8H9ClHgO. The third-order valence-electron chi connectivity index (χ3n) is 1.29. The SMILES string of the molecule is [Cl][Hg][CH2]COc1ccccc1. The van der Waals surface area contributed by atoms with Gasteiger partial charge in [-0.1, -0.05) is 0 Å². The summed E-state index contributed by atoms with van der Waals surface area (Å²) >= 11 is -0.963. The van der Waals surface area contributed by atoms with Crippen molar-refractivity contribution in [3.63, 3.8) is 0 Å². The molecule has 0 spiro atoms. The average Bonchev–Trinajstić information content (AvgIpc) is 2.07. The zero-order valence-electron chi connectivity index (χ0n) is 6.29. The Labute approximate surface area is 82.6 Å². The van der Waals surface area contributed by atoms with E-state index in [-0.39, 0.29) is 0 Å². The van der Waals surface area contributed by atoms with Crippen LogP contribution in [0.1, 0.15) is 0 Å². The first kappa shape index (κ1) is 9.33. The van der Waals surface area contributed by atoms with Crippen LogP contribution in [0.15, 0.2) is 30.3 Å². The Hall–Kier alpha value is 0.245. The van der Waals surface area contributed by atoms with Crippen molar-refractivity contribution in [1.29, 1.82) is 0 Å². The maximum atomic E-state index is 5.71. The Kier molecular flexibility index (Phi) is 4.96. The first-order chi connectivity index (χ1) is 5.43. The Morgan fingerprint density at radius 1 is 1.27 bits per heavy atom. The van der Waals surface area contributed by atoms with E-state index < -0.39 is 23.3 Å². The fourth-order valence-electron chi connectivity index (χ4n) is 0.761. The van der Waals surface area contributed by atoms with Crippen LogP contribution in [0.25, 0.3) is 0 Å². The van der Waals surface area contributed by atoms with E-state index in [9.17, 15) is 0 Å². The summed E-state index contributed by atoms with van der Waals surface area (Å²) in [6.45, 7) is 0.801. The first-order valence-electron chi connectivity index (χ1n) is 3.67. The summed E-state index contributed by atoms with van der Waals surface area (Å²) in [6.07, 6.45) is 0. The minimum absolute atomic E-state index is 0.801. The van der Waals surface area contributed by atoms with Crippen LogP contribution >= 0.6 is 8.25 Å². The van der Waals surface area contributed by atoms with E-state index in [1.54, 1.807) is 0 Å². The molecule has 0 saturated carbocycles. The third-order valence-corrected chi connectivity index (χ3v) is 5.80. The molecule has 0 unspecified atom stereocenters. The van der Waals surface area contributed by atoms with E-state index in [4.69, 9.17) is 13.0 Å². The third kappa shape index (κ3) is 3.97. The second-order valence-corrected chi connectivity index (χ2v) is 9.74. The van der Waals surface area contributed by atoms with Crippen molar-refractivity contribution in [3.05, 3.63) is 30.3 Å². The Bertz CT molecular complexity index is 191. The second kappa shape index (κ2) is 5.84. The van der Waals surface area contributed by atoms with Crippen LogP contribution in [0.5, 0.6) is 5.75 Å². The van der Waals surface area contributed by atoms with Crippen LogP contribution in [0, 0.1) is 0 Å². The normalized spacial score (nSPS) is 8.82. The summed E-state index contributed by atoms with van der Waals surface area (Å²) in [4.78, 5) is 0. The standard InChI is InChI=1S/C8H9O.ClH.Hg/c1-2-9-8-6-4-3-5-7-8;;/h3-7H,1-2H2;1H;/q;;+1/p-1. The van der Waals surface area contributed by atoms with Gasteiger partial charge in [-0.25, -0.2) is 0 Å². The average molecular weight is 357 g/mol. The molecule has 1 aromatic rings. The van der Waals surface area contributed by atoms with Crippen molar-refractivity contribution >= 4 is 8.25 Å². The van der Waals surface area contributed by atoms with E-state index in [2.05, 4.69) is 0 Å². The van der Waals surface area contributed by atoms with Crippen molar-refractivity contribution in [2.75, 3.05) is 6.61 Å². The van der Waals surface area contributed by atoms with Gasteiger partial charge in [0.25, 0.3) is 0 Å². The number of hydrogen-bond donors (Lipinski definition) is 0. The molecule has 56 valence electrons. The van der Waals surface area contributed by atoms with Gasteiger partial charge in [-0.3, -0.25) is 0 Å². The number of rotatable bonds is 4. The summed E-state index contributed by atoms with van der Waals surface area (Å²) in [7, 11) is 5.71. The summed E-state index contributed by atoms with van der Waals surface area (Å²) in [6, 6.07) is 9.85. The zero-order chi connectivity index (χ0) is 7.94. The molecule has 3 heteroatoms. The quantitative estimate of drug-likeness (QED) is 0.595. The molecule has 0 atom stereocenters. The number of ether oxygens (including phenoxy) is 1. The minimum atomic E-state index is -0.963. The summed E-state index contributed by atoms with van der Waals surface area (Å²) in [5.74, 6) is 0.950. The van der Waals surface area contributed by atoms with Gasteiger partial charge in [-0.2, -0.15) is 0 Å². The molecule has 0 amide bonds. The molecule has 0 bridgehead atoms. The van der Waals surface area contributed by atoms with Crippen LogP contribution < -0.4 is 4.74 Å². The fourth-order valence-corrected chi connectivity index (χ4v) is 2.70. The molecule has 1 aromatic carbocycles. The van der Waals surface area contributed by atoms with Crippen LogP contribution in [0.3, 0.4) is 0 Å². The molecule has 0 aliphatic rings. The van der Waals surface area contributed by atoms with Gasteiger partial charge in [0.2, 0.25) is 0 Å². The molecule has 1 rings (SSSR count). The number of halogens is 1. The van der Waals surface area contributed by atoms with E-state index in [0.29, 0.717) is 0 Å². The Morgan fingerprint density at radius 2 is 2.00 bits per heavy atom. The van der Waals surface area contributed by atoms with E-state index >= 15 is 0 Å². The van der Waals surface area contributed by atoms with Crippen LogP contribution in [0.2, 0.25) is 3.93 Å². The molecule has 11 heavy (non-hydrogen) atoms. The molecule has 0 radical (unpaired) electrons. The van der Waals surface area contributed by atoms with Crippen LogP contribution in [-0.2, 0) is 23.3 Å². The molecule has 0 aliphatic carbocycles. The molecule has 0 saturated heterocycles. The van der Waals surface area contributed by atoms with Crippen molar-refractivity contribution in [3.8, 4) is 5.75 Å². The molecule has 1 nitrogen and oxygen atoms in total. The van der Waals surface area contributed by atoms with Gasteiger partial charge in [-0.05, 0) is 0 Å². The summed E-state index contributed by atoms with van der Waals surface area (Å²) in [5.41, 5.74) is 0. The van der Waals surface area contributed by atoms with Crippen molar-refractivity contribution in [1.82, 2.24) is 0 Å². The predicted octanol–water partition coefficient (Wildman–Crippen LogP) is 2.72. The van der Waals surface area contributed by atoms with Crippen molar-refractivity contribution < 1.29 is 28.1 Å². The van der Waals surface area contributed by atoms with Gasteiger partial charge < -0.3 is 0 Å². The number of benzene rings is 1. The van der Waals surface area contributed by atoms with Gasteiger partial charge in [0.15, 0.2) is 0 Å². The topological polar surface area (TPSA) is 9.23 Å². The number of hydrogen-bond acceptors (Lipinski definition) is 1. The van der Waals surface area contributed by atoms with E-state index in [1.807, 2.05) is 30.3 Å². The second-order valence-electron chi connectivity index (χ2n) is 2.20. The van der Waals surface area contributed by atoms with Gasteiger partial charge >= 0.3 is 82.9 Å². The molecule has 0 aromatic heterocycles. The van der Waals surface area contributed by atoms with E-state index in [1.165, 1.54) is 0 Å². The molecule has 0 fully saturated rings. The van der Waals surface area contributed by atoms with E-state index in [0.717, 1.165) is 16.3 Å². The monoisotopic (exact) mass is 358 g/mol. The first-order valence-corrected chi connectivity index (χ1v) is 14.3. The molecule has 0 aliphatic heterocycles. The zero-order valence-corrected chi connectivity index (χ0v) is 12.5. The van der Waals surface area contributed by atoms with Gasteiger partial charge in [0, 0.05) is 0 Å². The summed E-state index contributed by atoms with van der Waals surface area (Å²) < 4.78 is 6.54. The molecular weight excluding hydrogens is 348 g/mol.